The van der Waals surface area contributed by atoms with Gasteiger partial charge in [0.25, 0.3) is 10.1 Å². The van der Waals surface area contributed by atoms with Crippen LogP contribution in [0.4, 0.5) is 0 Å². The van der Waals surface area contributed by atoms with Crippen LogP contribution in [0, 0.1) is 0 Å². The number of nitrogens with zero attached hydrogens (tertiary/aromatic N) is 1. The summed E-state index contributed by atoms with van der Waals surface area (Å²) in [5.74, 6) is 0. The third kappa shape index (κ3) is 4.06. The minimum Gasteiger partial charge on any atom is -0.314 e. The summed E-state index contributed by atoms with van der Waals surface area (Å²) in [5.41, 5.74) is 0. The van der Waals surface area contributed by atoms with E-state index >= 15 is 0 Å². The van der Waals surface area contributed by atoms with Gasteiger partial charge in [-0.3, -0.25) is 9.45 Å². The van der Waals surface area contributed by atoms with Gasteiger partial charge in [-0.2, -0.15) is 8.42 Å². The standard InChI is InChI=1S/C9H20N2O3S/c1-2-3-4-9(15(12,13)14)11-7-5-10-6-8-11/h9-10H,2-8H2,1H3,(H,12,13,14). The molecule has 0 bridgehead atoms. The smallest absolute Gasteiger partial charge is 0.281 e. The minimum atomic E-state index is -3.94. The molecule has 0 saturated carbocycles. The fraction of sp³-hybridized carbons (Fsp3) is 1.00. The van der Waals surface area contributed by atoms with E-state index in [0.717, 1.165) is 25.9 Å². The van der Waals surface area contributed by atoms with E-state index in [4.69, 9.17) is 4.55 Å². The van der Waals surface area contributed by atoms with E-state index in [2.05, 4.69) is 5.32 Å². The molecule has 90 valence electrons. The highest BCUT2D eigenvalue weighted by atomic mass is 32.2. The number of nitrogens with one attached hydrogen (secondary N) is 1. The van der Waals surface area contributed by atoms with Gasteiger partial charge >= 0.3 is 0 Å². The number of hydrogen-bond acceptors (Lipinski definition) is 4. The van der Waals surface area contributed by atoms with Crippen LogP contribution >= 0.6 is 0 Å². The predicted octanol–water partition coefficient (Wildman–Crippen LogP) is 0.296. The second kappa shape index (κ2) is 5.79. The van der Waals surface area contributed by atoms with Crippen molar-refractivity contribution in [1.82, 2.24) is 10.2 Å². The monoisotopic (exact) mass is 236 g/mol. The van der Waals surface area contributed by atoms with Crippen LogP contribution in [0.25, 0.3) is 0 Å². The first-order valence-electron chi connectivity index (χ1n) is 5.46. The maximum Gasteiger partial charge on any atom is 0.281 e. The normalized spacial score (nSPS) is 21.5. The highest BCUT2D eigenvalue weighted by Gasteiger charge is 2.29. The van der Waals surface area contributed by atoms with Gasteiger partial charge in [0, 0.05) is 26.2 Å². The summed E-state index contributed by atoms with van der Waals surface area (Å²) < 4.78 is 31.6. The highest BCUT2D eigenvalue weighted by molar-refractivity contribution is 7.86. The van der Waals surface area contributed by atoms with Crippen molar-refractivity contribution < 1.29 is 13.0 Å². The molecule has 6 heteroatoms. The molecule has 1 aliphatic heterocycles. The predicted molar refractivity (Wildman–Crippen MR) is 59.3 cm³/mol. The van der Waals surface area contributed by atoms with Crippen LogP contribution in [-0.2, 0) is 10.1 Å². The Kier molecular flexibility index (Phi) is 4.98. The lowest BCUT2D eigenvalue weighted by molar-refractivity contribution is 0.200. The molecule has 1 rings (SSSR count). The van der Waals surface area contributed by atoms with E-state index in [-0.39, 0.29) is 0 Å². The molecule has 1 heterocycles. The van der Waals surface area contributed by atoms with Crippen molar-refractivity contribution in [1.29, 1.82) is 0 Å². The van der Waals surface area contributed by atoms with Crippen LogP contribution in [0.3, 0.4) is 0 Å². The second-order valence-corrected chi connectivity index (χ2v) is 5.47. The minimum absolute atomic E-state index is 0.523. The van der Waals surface area contributed by atoms with Crippen molar-refractivity contribution in [2.24, 2.45) is 0 Å². The molecule has 0 aromatic rings. The van der Waals surface area contributed by atoms with Crippen molar-refractivity contribution in [3.8, 4) is 0 Å². The third-order valence-electron chi connectivity index (χ3n) is 2.71. The van der Waals surface area contributed by atoms with Crippen LogP contribution in [0.1, 0.15) is 26.2 Å². The van der Waals surface area contributed by atoms with Gasteiger partial charge in [0.1, 0.15) is 5.37 Å². The quantitative estimate of drug-likeness (QED) is 0.672. The molecule has 0 aromatic carbocycles. The van der Waals surface area contributed by atoms with E-state index < -0.39 is 15.5 Å². The average molecular weight is 236 g/mol. The largest absolute Gasteiger partial charge is 0.314 e. The molecule has 1 aliphatic rings. The Bertz CT molecular complexity index is 273. The molecule has 0 amide bonds. The fourth-order valence-corrected chi connectivity index (χ4v) is 2.92. The van der Waals surface area contributed by atoms with Crippen molar-refractivity contribution in [3.05, 3.63) is 0 Å². The molecule has 1 saturated heterocycles. The van der Waals surface area contributed by atoms with Crippen molar-refractivity contribution in [2.75, 3.05) is 26.2 Å². The summed E-state index contributed by atoms with van der Waals surface area (Å²) in [6, 6.07) is 0. The van der Waals surface area contributed by atoms with Gasteiger partial charge in [-0.25, -0.2) is 0 Å². The molecule has 1 unspecified atom stereocenters. The zero-order chi connectivity index (χ0) is 11.3. The molecule has 0 aromatic heterocycles. The van der Waals surface area contributed by atoms with Gasteiger partial charge in [0.2, 0.25) is 0 Å². The van der Waals surface area contributed by atoms with Gasteiger partial charge in [0.15, 0.2) is 0 Å². The Balaban J connectivity index is 2.62. The molecule has 0 radical (unpaired) electrons. The van der Waals surface area contributed by atoms with Crippen LogP contribution in [0.5, 0.6) is 0 Å². The molecule has 0 spiro atoms. The zero-order valence-corrected chi connectivity index (χ0v) is 9.96. The zero-order valence-electron chi connectivity index (χ0n) is 9.15. The molecule has 5 nitrogen and oxygen atoms in total. The molecule has 15 heavy (non-hydrogen) atoms. The van der Waals surface area contributed by atoms with E-state index in [1.807, 2.05) is 11.8 Å². The number of rotatable bonds is 5. The van der Waals surface area contributed by atoms with Crippen LogP contribution in [0.2, 0.25) is 0 Å². The summed E-state index contributed by atoms with van der Waals surface area (Å²) in [6.45, 7) is 4.97. The summed E-state index contributed by atoms with van der Waals surface area (Å²) in [6.07, 6.45) is 2.29. The molecule has 2 N–H and O–H groups in total. The molecular formula is C9H20N2O3S. The lowest BCUT2D eigenvalue weighted by Crippen LogP contribution is -2.51. The molecule has 0 aliphatic carbocycles. The summed E-state index contributed by atoms with van der Waals surface area (Å²) in [7, 11) is -3.94. The highest BCUT2D eigenvalue weighted by Crippen LogP contribution is 2.14. The summed E-state index contributed by atoms with van der Waals surface area (Å²) in [5, 5.41) is 2.45. The van der Waals surface area contributed by atoms with Gasteiger partial charge in [0.05, 0.1) is 0 Å². The first kappa shape index (κ1) is 12.9. The lowest BCUT2D eigenvalue weighted by atomic mass is 10.2. The maximum atomic E-state index is 11.2. The Hall–Kier alpha value is -0.170. The maximum absolute atomic E-state index is 11.2. The van der Waals surface area contributed by atoms with Gasteiger partial charge in [-0.05, 0) is 6.42 Å². The fourth-order valence-electron chi connectivity index (χ4n) is 1.87. The Morgan fingerprint density at radius 2 is 2.00 bits per heavy atom. The van der Waals surface area contributed by atoms with Gasteiger partial charge in [-0.15, -0.1) is 0 Å². The summed E-state index contributed by atoms with van der Waals surface area (Å²) in [4.78, 5) is 1.85. The van der Waals surface area contributed by atoms with Crippen LogP contribution in [-0.4, -0.2) is 49.4 Å². The van der Waals surface area contributed by atoms with Crippen molar-refractivity contribution in [3.63, 3.8) is 0 Å². The van der Waals surface area contributed by atoms with Gasteiger partial charge in [-0.1, -0.05) is 19.8 Å². The van der Waals surface area contributed by atoms with E-state index in [1.165, 1.54) is 0 Å². The first-order valence-corrected chi connectivity index (χ1v) is 6.97. The number of hydrogen-bond donors (Lipinski definition) is 2. The summed E-state index contributed by atoms with van der Waals surface area (Å²) >= 11 is 0. The molecule has 1 atom stereocenters. The van der Waals surface area contributed by atoms with Crippen molar-refractivity contribution >= 4 is 10.1 Å². The van der Waals surface area contributed by atoms with Crippen LogP contribution in [0.15, 0.2) is 0 Å². The third-order valence-corrected chi connectivity index (χ3v) is 3.93. The first-order chi connectivity index (χ1) is 7.05. The molecular weight excluding hydrogens is 216 g/mol. The Labute approximate surface area is 91.6 Å². The lowest BCUT2D eigenvalue weighted by Gasteiger charge is -2.32. The second-order valence-electron chi connectivity index (χ2n) is 3.90. The van der Waals surface area contributed by atoms with E-state index in [1.54, 1.807) is 0 Å². The number of unbranched alkanes of at least 4 members (excludes halogenated alkanes) is 1. The Morgan fingerprint density at radius 1 is 1.40 bits per heavy atom. The van der Waals surface area contributed by atoms with E-state index in [0.29, 0.717) is 19.5 Å². The average Bonchev–Trinajstić information content (AvgIpc) is 2.18. The Morgan fingerprint density at radius 3 is 2.47 bits per heavy atom. The van der Waals surface area contributed by atoms with E-state index in [9.17, 15) is 8.42 Å². The topological polar surface area (TPSA) is 69.6 Å². The van der Waals surface area contributed by atoms with Crippen molar-refractivity contribution in [2.45, 2.75) is 31.6 Å². The SMILES string of the molecule is CCCCC(N1CCNCC1)S(=O)(=O)O. The van der Waals surface area contributed by atoms with Gasteiger partial charge < -0.3 is 5.32 Å². The number of piperazine rings is 1. The van der Waals surface area contributed by atoms with Crippen LogP contribution < -0.4 is 5.32 Å². The molecule has 1 fully saturated rings.